The molecule has 1 atom stereocenters. The molecule has 0 aliphatic rings. The van der Waals surface area contributed by atoms with Gasteiger partial charge in [0.2, 0.25) is 0 Å². The normalized spacial score (nSPS) is 12.9. The first-order chi connectivity index (χ1) is 14.3. The zero-order valence-electron chi connectivity index (χ0n) is 17.1. The van der Waals surface area contributed by atoms with Crippen molar-refractivity contribution in [3.63, 3.8) is 0 Å². The number of nitrogens with zero attached hydrogens (tertiary/aromatic N) is 5. The van der Waals surface area contributed by atoms with Crippen LogP contribution in [0.15, 0.2) is 36.5 Å². The van der Waals surface area contributed by atoms with E-state index in [1.54, 1.807) is 6.92 Å². The Kier molecular flexibility index (Phi) is 4.97. The van der Waals surface area contributed by atoms with Crippen molar-refractivity contribution in [1.29, 1.82) is 0 Å². The number of carbonyl (C=O) groups is 1. The first-order valence-electron chi connectivity index (χ1n) is 9.69. The lowest BCUT2D eigenvalue weighted by Gasteiger charge is -2.18. The molecule has 1 amide bonds. The zero-order valence-corrected chi connectivity index (χ0v) is 17.1. The van der Waals surface area contributed by atoms with Gasteiger partial charge in [-0.3, -0.25) is 4.79 Å². The van der Waals surface area contributed by atoms with Gasteiger partial charge >= 0.3 is 0 Å². The third kappa shape index (κ3) is 3.30. The average molecular weight is 412 g/mol. The van der Waals surface area contributed by atoms with Crippen LogP contribution in [0.1, 0.15) is 66.9 Å². The Morgan fingerprint density at radius 1 is 1.13 bits per heavy atom. The van der Waals surface area contributed by atoms with Crippen LogP contribution in [-0.2, 0) is 0 Å². The molecular weight excluding hydrogens is 390 g/mol. The van der Waals surface area contributed by atoms with Crippen molar-refractivity contribution >= 4 is 22.6 Å². The van der Waals surface area contributed by atoms with Crippen molar-refractivity contribution in [2.75, 3.05) is 0 Å². The van der Waals surface area contributed by atoms with E-state index in [2.05, 4.69) is 33.8 Å². The summed E-state index contributed by atoms with van der Waals surface area (Å²) in [5, 5.41) is 6.87. The SMILES string of the molecule is Cc1cc(C(F)F)n2ncc(C(=O)N[C@@H](C)c3nc4ccccc4n3C(C)C)c2n1. The Morgan fingerprint density at radius 3 is 2.57 bits per heavy atom. The van der Waals surface area contributed by atoms with Crippen molar-refractivity contribution < 1.29 is 13.6 Å². The monoisotopic (exact) mass is 412 g/mol. The summed E-state index contributed by atoms with van der Waals surface area (Å²) in [6.45, 7) is 7.55. The Morgan fingerprint density at radius 2 is 1.87 bits per heavy atom. The molecule has 30 heavy (non-hydrogen) atoms. The van der Waals surface area contributed by atoms with Crippen LogP contribution in [0.3, 0.4) is 0 Å². The van der Waals surface area contributed by atoms with Gasteiger partial charge in [-0.05, 0) is 45.9 Å². The summed E-state index contributed by atoms with van der Waals surface area (Å²) in [6.07, 6.45) is -1.46. The first-order valence-corrected chi connectivity index (χ1v) is 9.69. The molecule has 4 aromatic rings. The third-order valence-electron chi connectivity index (χ3n) is 4.97. The van der Waals surface area contributed by atoms with E-state index >= 15 is 0 Å². The van der Waals surface area contributed by atoms with Crippen molar-refractivity contribution in [3.05, 3.63) is 59.3 Å². The number of fused-ring (bicyclic) bond motifs is 2. The van der Waals surface area contributed by atoms with Gasteiger partial charge in [0.15, 0.2) is 5.65 Å². The quantitative estimate of drug-likeness (QED) is 0.527. The van der Waals surface area contributed by atoms with E-state index in [9.17, 15) is 13.6 Å². The predicted octanol–water partition coefficient (Wildman–Crippen LogP) is 4.40. The Bertz CT molecular complexity index is 1240. The summed E-state index contributed by atoms with van der Waals surface area (Å²) >= 11 is 0. The van der Waals surface area contributed by atoms with Crippen LogP contribution in [0.2, 0.25) is 0 Å². The smallest absolute Gasteiger partial charge is 0.280 e. The summed E-state index contributed by atoms with van der Waals surface area (Å²) in [5.74, 6) is 0.270. The molecule has 0 bridgehead atoms. The number of hydrogen-bond donors (Lipinski definition) is 1. The highest BCUT2D eigenvalue weighted by atomic mass is 19.3. The van der Waals surface area contributed by atoms with Gasteiger partial charge in [-0.2, -0.15) is 5.10 Å². The minimum atomic E-state index is -2.73. The Hall–Kier alpha value is -3.36. The van der Waals surface area contributed by atoms with Crippen molar-refractivity contribution in [2.24, 2.45) is 0 Å². The second-order valence-corrected chi connectivity index (χ2v) is 7.53. The topological polar surface area (TPSA) is 77.1 Å². The standard InChI is InChI=1S/C21H22F2N6O/c1-11(2)28-16-8-6-5-7-15(16)27-19(28)13(4)26-21(30)14-10-24-29-17(18(22)23)9-12(3)25-20(14)29/h5-11,13,18H,1-4H3,(H,26,30)/t13-/m0/s1. The highest BCUT2D eigenvalue weighted by molar-refractivity contribution is 5.99. The van der Waals surface area contributed by atoms with Gasteiger partial charge in [0.05, 0.1) is 23.3 Å². The number of aromatic nitrogens is 5. The molecule has 0 fully saturated rings. The molecule has 3 aromatic heterocycles. The van der Waals surface area contributed by atoms with E-state index in [0.717, 1.165) is 15.5 Å². The van der Waals surface area contributed by atoms with Gasteiger partial charge in [0, 0.05) is 11.7 Å². The van der Waals surface area contributed by atoms with E-state index in [0.29, 0.717) is 11.5 Å². The lowest BCUT2D eigenvalue weighted by molar-refractivity contribution is 0.0938. The molecule has 0 aliphatic heterocycles. The molecule has 1 aromatic carbocycles. The van der Waals surface area contributed by atoms with Crippen LogP contribution in [0.25, 0.3) is 16.7 Å². The molecule has 0 unspecified atom stereocenters. The number of amides is 1. The maximum Gasteiger partial charge on any atom is 0.280 e. The lowest BCUT2D eigenvalue weighted by atomic mass is 10.2. The van der Waals surface area contributed by atoms with E-state index in [1.807, 2.05) is 31.2 Å². The van der Waals surface area contributed by atoms with E-state index in [1.165, 1.54) is 12.3 Å². The number of halogens is 2. The number of imidazole rings is 1. The maximum absolute atomic E-state index is 13.3. The van der Waals surface area contributed by atoms with Crippen LogP contribution in [0.5, 0.6) is 0 Å². The number of rotatable bonds is 5. The van der Waals surface area contributed by atoms with Gasteiger partial charge in [-0.1, -0.05) is 12.1 Å². The maximum atomic E-state index is 13.3. The Labute approximate surface area is 171 Å². The second kappa shape index (κ2) is 7.47. The number of nitrogens with one attached hydrogen (secondary N) is 1. The fraction of sp³-hybridized carbons (Fsp3) is 0.333. The minimum absolute atomic E-state index is 0.104. The summed E-state index contributed by atoms with van der Waals surface area (Å²) in [4.78, 5) is 21.9. The molecule has 1 N–H and O–H groups in total. The average Bonchev–Trinajstić information content (AvgIpc) is 3.28. The molecule has 0 radical (unpaired) electrons. The highest BCUT2D eigenvalue weighted by Gasteiger charge is 2.24. The number of carbonyl (C=O) groups excluding carboxylic acids is 1. The van der Waals surface area contributed by atoms with E-state index in [-0.39, 0.29) is 22.9 Å². The molecule has 0 aliphatic carbocycles. The molecule has 156 valence electrons. The fourth-order valence-corrected chi connectivity index (χ4v) is 3.68. The number of para-hydroxylation sites is 2. The van der Waals surface area contributed by atoms with Crippen molar-refractivity contribution in [3.8, 4) is 0 Å². The largest absolute Gasteiger partial charge is 0.342 e. The second-order valence-electron chi connectivity index (χ2n) is 7.53. The van der Waals surface area contributed by atoms with Crippen LogP contribution >= 0.6 is 0 Å². The van der Waals surface area contributed by atoms with Crippen LogP contribution in [-0.4, -0.2) is 30.1 Å². The number of aryl methyl sites for hydroxylation is 1. The summed E-state index contributed by atoms with van der Waals surface area (Å²) < 4.78 is 29.8. The lowest BCUT2D eigenvalue weighted by Crippen LogP contribution is -2.29. The highest BCUT2D eigenvalue weighted by Crippen LogP contribution is 2.26. The zero-order chi connectivity index (χ0) is 21.6. The number of alkyl halides is 2. The number of hydrogen-bond acceptors (Lipinski definition) is 4. The molecule has 9 heteroatoms. The van der Waals surface area contributed by atoms with Crippen LogP contribution in [0.4, 0.5) is 8.78 Å². The third-order valence-corrected chi connectivity index (χ3v) is 4.97. The summed E-state index contributed by atoms with van der Waals surface area (Å²) in [6, 6.07) is 8.77. The van der Waals surface area contributed by atoms with Gasteiger partial charge in [-0.25, -0.2) is 23.3 Å². The molecule has 0 saturated carbocycles. The van der Waals surface area contributed by atoms with Gasteiger partial charge in [0.1, 0.15) is 17.1 Å². The number of benzene rings is 1. The molecular formula is C21H22F2N6O. The summed E-state index contributed by atoms with van der Waals surface area (Å²) in [5.41, 5.74) is 2.16. The molecule has 0 spiro atoms. The van der Waals surface area contributed by atoms with Gasteiger partial charge in [-0.15, -0.1) is 0 Å². The van der Waals surface area contributed by atoms with Crippen molar-refractivity contribution in [2.45, 2.75) is 46.2 Å². The van der Waals surface area contributed by atoms with Gasteiger partial charge < -0.3 is 9.88 Å². The van der Waals surface area contributed by atoms with E-state index < -0.39 is 18.4 Å². The summed E-state index contributed by atoms with van der Waals surface area (Å²) in [7, 11) is 0. The van der Waals surface area contributed by atoms with Crippen LogP contribution in [0, 0.1) is 6.92 Å². The van der Waals surface area contributed by atoms with E-state index in [4.69, 9.17) is 4.98 Å². The predicted molar refractivity (Wildman–Crippen MR) is 109 cm³/mol. The molecule has 3 heterocycles. The van der Waals surface area contributed by atoms with Crippen LogP contribution < -0.4 is 5.32 Å². The molecule has 4 rings (SSSR count). The first kappa shape index (κ1) is 19.9. The minimum Gasteiger partial charge on any atom is -0.342 e. The van der Waals surface area contributed by atoms with Gasteiger partial charge in [0.25, 0.3) is 12.3 Å². The molecule has 7 nitrogen and oxygen atoms in total. The molecule has 0 saturated heterocycles. The van der Waals surface area contributed by atoms with Crippen molar-refractivity contribution in [1.82, 2.24) is 29.5 Å². The Balaban J connectivity index is 1.70. The fourth-order valence-electron chi connectivity index (χ4n) is 3.68.